The van der Waals surface area contributed by atoms with Crippen molar-refractivity contribution in [1.82, 2.24) is 0 Å². The van der Waals surface area contributed by atoms with Gasteiger partial charge in [0, 0.05) is 18.4 Å². The fraction of sp³-hybridized carbons (Fsp3) is 0.450. The summed E-state index contributed by atoms with van der Waals surface area (Å²) in [5.41, 5.74) is 1.12. The molecule has 27 heavy (non-hydrogen) atoms. The summed E-state index contributed by atoms with van der Waals surface area (Å²) in [7, 11) is 0. The normalized spacial score (nSPS) is 35.0. The Morgan fingerprint density at radius 1 is 1.19 bits per heavy atom. The molecule has 0 amide bonds. The van der Waals surface area contributed by atoms with Gasteiger partial charge in [-0.05, 0) is 30.7 Å². The van der Waals surface area contributed by atoms with Gasteiger partial charge in [-0.1, -0.05) is 12.5 Å². The van der Waals surface area contributed by atoms with Crippen LogP contribution in [-0.2, 0) is 23.9 Å². The number of carbonyl (C=O) groups is 3. The van der Waals surface area contributed by atoms with Crippen LogP contribution in [-0.4, -0.2) is 45.7 Å². The number of ether oxygens (including phenoxy) is 2. The van der Waals surface area contributed by atoms with E-state index < -0.39 is 41.4 Å². The molecule has 2 bridgehead atoms. The monoisotopic (exact) mass is 372 g/mol. The third-order valence-corrected chi connectivity index (χ3v) is 5.50. The molecule has 5 rings (SSSR count). The van der Waals surface area contributed by atoms with Crippen LogP contribution in [0.2, 0.25) is 0 Å². The Kier molecular flexibility index (Phi) is 4.06. The molecule has 3 aliphatic heterocycles. The molecule has 7 heteroatoms. The molecule has 1 unspecified atom stereocenters. The van der Waals surface area contributed by atoms with Gasteiger partial charge in [0.15, 0.2) is 17.3 Å². The maximum atomic E-state index is 13.3. The van der Waals surface area contributed by atoms with E-state index in [1.54, 1.807) is 13.0 Å². The van der Waals surface area contributed by atoms with Gasteiger partial charge in [0.2, 0.25) is 0 Å². The van der Waals surface area contributed by atoms with Crippen molar-refractivity contribution >= 4 is 17.3 Å². The van der Waals surface area contributed by atoms with Gasteiger partial charge in [-0.3, -0.25) is 14.4 Å². The lowest BCUT2D eigenvalue weighted by molar-refractivity contribution is -0.366. The molecule has 0 aromatic carbocycles. The van der Waals surface area contributed by atoms with Crippen molar-refractivity contribution in [2.45, 2.75) is 51.3 Å². The highest BCUT2D eigenvalue weighted by atomic mass is 16.8. The Bertz CT molecular complexity index is 884. The Balaban J connectivity index is 1.90. The first-order chi connectivity index (χ1) is 12.7. The molecule has 2 aliphatic carbocycles. The zero-order valence-corrected chi connectivity index (χ0v) is 15.0. The van der Waals surface area contributed by atoms with Crippen molar-refractivity contribution in [2.75, 3.05) is 0 Å². The van der Waals surface area contributed by atoms with E-state index in [0.29, 0.717) is 23.3 Å². The minimum Gasteiger partial charge on any atom is -0.494 e. The van der Waals surface area contributed by atoms with Gasteiger partial charge in [-0.25, -0.2) is 0 Å². The smallest absolute Gasteiger partial charge is 0.282 e. The maximum absolute atomic E-state index is 13.3. The minimum absolute atomic E-state index is 0.0917. The van der Waals surface area contributed by atoms with E-state index in [0.717, 1.165) is 12.2 Å². The number of aliphatic hydroxyl groups is 2. The van der Waals surface area contributed by atoms with Crippen molar-refractivity contribution in [1.29, 1.82) is 0 Å². The van der Waals surface area contributed by atoms with Crippen LogP contribution in [0.5, 0.6) is 0 Å². The van der Waals surface area contributed by atoms with E-state index in [-0.39, 0.29) is 24.0 Å². The van der Waals surface area contributed by atoms with Crippen LogP contribution in [0.1, 0.15) is 33.1 Å². The molecular weight excluding hydrogens is 352 g/mol. The zero-order valence-electron chi connectivity index (χ0n) is 15.0. The SMILES string of the molecule is CC/C1=C(\C)[C@@H]2OC(O)(O)C[C@@H](CC3=CC4=C(C(=O)C=CC4=O)C(=O)C32)O1. The highest BCUT2D eigenvalue weighted by molar-refractivity contribution is 6.34. The fourth-order valence-corrected chi connectivity index (χ4v) is 4.28. The van der Waals surface area contributed by atoms with Crippen molar-refractivity contribution in [3.8, 4) is 0 Å². The molecule has 2 N–H and O–H groups in total. The number of hydrogen-bond donors (Lipinski definition) is 2. The second kappa shape index (κ2) is 6.09. The molecule has 5 aliphatic rings. The Labute approximate surface area is 155 Å². The van der Waals surface area contributed by atoms with Gasteiger partial charge in [-0.2, -0.15) is 0 Å². The highest BCUT2D eigenvalue weighted by Crippen LogP contribution is 2.44. The molecule has 0 spiro atoms. The van der Waals surface area contributed by atoms with Gasteiger partial charge < -0.3 is 19.7 Å². The average molecular weight is 372 g/mol. The van der Waals surface area contributed by atoms with Gasteiger partial charge in [0.1, 0.15) is 12.2 Å². The van der Waals surface area contributed by atoms with Gasteiger partial charge in [0.25, 0.3) is 5.97 Å². The lowest BCUT2D eigenvalue weighted by Crippen LogP contribution is -2.51. The van der Waals surface area contributed by atoms with Crippen molar-refractivity contribution in [2.24, 2.45) is 5.92 Å². The highest BCUT2D eigenvalue weighted by Gasteiger charge is 2.50. The molecular formula is C20H20O7. The number of hydrogen-bond acceptors (Lipinski definition) is 7. The summed E-state index contributed by atoms with van der Waals surface area (Å²) in [5, 5.41) is 20.4. The molecule has 0 saturated carbocycles. The van der Waals surface area contributed by atoms with Crippen LogP contribution in [0, 0.1) is 5.92 Å². The fourth-order valence-electron chi connectivity index (χ4n) is 4.28. The molecule has 7 nitrogen and oxygen atoms in total. The number of allylic oxidation sites excluding steroid dienone is 6. The quantitative estimate of drug-likeness (QED) is 0.402. The summed E-state index contributed by atoms with van der Waals surface area (Å²) in [6.07, 6.45) is 2.78. The third kappa shape index (κ3) is 2.82. The molecule has 0 aromatic heterocycles. The lowest BCUT2D eigenvalue weighted by atomic mass is 9.71. The summed E-state index contributed by atoms with van der Waals surface area (Å²) < 4.78 is 11.5. The Morgan fingerprint density at radius 2 is 1.89 bits per heavy atom. The Morgan fingerprint density at radius 3 is 2.59 bits per heavy atom. The van der Waals surface area contributed by atoms with E-state index in [9.17, 15) is 24.6 Å². The van der Waals surface area contributed by atoms with E-state index in [1.807, 2.05) is 6.92 Å². The number of ketones is 3. The van der Waals surface area contributed by atoms with Crippen LogP contribution >= 0.6 is 0 Å². The molecule has 3 heterocycles. The molecule has 3 atom stereocenters. The zero-order chi connectivity index (χ0) is 19.5. The van der Waals surface area contributed by atoms with E-state index >= 15 is 0 Å². The molecule has 1 saturated heterocycles. The van der Waals surface area contributed by atoms with Crippen LogP contribution < -0.4 is 0 Å². The summed E-state index contributed by atoms with van der Waals surface area (Å²) in [5.74, 6) is -4.16. The van der Waals surface area contributed by atoms with Crippen LogP contribution in [0.15, 0.2) is 46.3 Å². The predicted molar refractivity (Wildman–Crippen MR) is 91.9 cm³/mol. The van der Waals surface area contributed by atoms with Crippen LogP contribution in [0.25, 0.3) is 0 Å². The van der Waals surface area contributed by atoms with E-state index in [1.165, 1.54) is 0 Å². The second-order valence-corrected chi connectivity index (χ2v) is 7.30. The first-order valence-electron chi connectivity index (χ1n) is 8.96. The van der Waals surface area contributed by atoms with Crippen molar-refractivity contribution in [3.05, 3.63) is 46.3 Å². The van der Waals surface area contributed by atoms with Gasteiger partial charge in [-0.15, -0.1) is 0 Å². The van der Waals surface area contributed by atoms with Gasteiger partial charge in [0.05, 0.1) is 23.7 Å². The summed E-state index contributed by atoms with van der Waals surface area (Å²) >= 11 is 0. The molecule has 0 radical (unpaired) electrons. The van der Waals surface area contributed by atoms with E-state index in [2.05, 4.69) is 0 Å². The number of Topliss-reactive ketones (excluding diaryl/α,β-unsaturated/α-hetero) is 1. The standard InChI is InChI=1S/C20H20O7/c1-3-15-9(2)19-16-10(6-11(26-15)8-20(24,25)27-19)7-12-13(21)4-5-14(22)17(12)18(16)23/h4-5,7,11,16,19,24-25H,3,6,8H2,1-2H3/b15-9-/t11-,16?,19+/m1/s1. The number of carbonyl (C=O) groups excluding carboxylic acids is 3. The average Bonchev–Trinajstić information content (AvgIpc) is 2.58. The maximum Gasteiger partial charge on any atom is 0.282 e. The topological polar surface area (TPSA) is 110 Å². The molecule has 142 valence electrons. The summed E-state index contributed by atoms with van der Waals surface area (Å²) in [6, 6.07) is 0. The Hall–Kier alpha value is -2.35. The van der Waals surface area contributed by atoms with Crippen molar-refractivity contribution < 1.29 is 34.1 Å². The van der Waals surface area contributed by atoms with Crippen LogP contribution in [0.3, 0.4) is 0 Å². The van der Waals surface area contributed by atoms with E-state index in [4.69, 9.17) is 9.47 Å². The van der Waals surface area contributed by atoms with Crippen molar-refractivity contribution in [3.63, 3.8) is 0 Å². The van der Waals surface area contributed by atoms with Gasteiger partial charge >= 0.3 is 0 Å². The summed E-state index contributed by atoms with van der Waals surface area (Å²) in [4.78, 5) is 37.8. The molecule has 0 aromatic rings. The second-order valence-electron chi connectivity index (χ2n) is 7.30. The lowest BCUT2D eigenvalue weighted by Gasteiger charge is -2.43. The number of rotatable bonds is 1. The first-order valence-corrected chi connectivity index (χ1v) is 8.96. The van der Waals surface area contributed by atoms with Crippen LogP contribution in [0.4, 0.5) is 0 Å². The number of fused-ring (bicyclic) bond motifs is 3. The minimum atomic E-state index is -2.46. The largest absolute Gasteiger partial charge is 0.494 e. The summed E-state index contributed by atoms with van der Waals surface area (Å²) in [6.45, 7) is 3.62. The third-order valence-electron chi connectivity index (χ3n) is 5.50. The predicted octanol–water partition coefficient (Wildman–Crippen LogP) is 1.02. The molecule has 1 fully saturated rings. The first kappa shape index (κ1) is 18.0.